The first-order valence-corrected chi connectivity index (χ1v) is 8.76. The lowest BCUT2D eigenvalue weighted by Gasteiger charge is -2.16. The number of rotatable bonds is 4. The first-order valence-electron chi connectivity index (χ1n) is 7.28. The molecule has 0 amide bonds. The summed E-state index contributed by atoms with van der Waals surface area (Å²) in [5, 5.41) is 3.83. The van der Waals surface area contributed by atoms with Crippen LogP contribution < -0.4 is 4.72 Å². The number of hydrogen-bond donors (Lipinski definition) is 1. The number of alkyl halides is 3. The topological polar surface area (TPSA) is 64.0 Å². The van der Waals surface area contributed by atoms with Gasteiger partial charge in [0, 0.05) is 12.4 Å². The van der Waals surface area contributed by atoms with Crippen molar-refractivity contribution in [3.63, 3.8) is 0 Å². The number of aromatic nitrogens is 2. The summed E-state index contributed by atoms with van der Waals surface area (Å²) >= 11 is 0. The van der Waals surface area contributed by atoms with Gasteiger partial charge in [-0.15, -0.1) is 0 Å². The van der Waals surface area contributed by atoms with Gasteiger partial charge in [0.25, 0.3) is 10.0 Å². The Kier molecular flexibility index (Phi) is 4.64. The van der Waals surface area contributed by atoms with E-state index in [2.05, 4.69) is 5.10 Å². The van der Waals surface area contributed by atoms with E-state index in [4.69, 9.17) is 0 Å². The number of halogens is 5. The molecule has 0 radical (unpaired) electrons. The van der Waals surface area contributed by atoms with Gasteiger partial charge in [0.2, 0.25) is 0 Å². The monoisotopic (exact) mass is 403 g/mol. The van der Waals surface area contributed by atoms with Gasteiger partial charge in [-0.2, -0.15) is 18.3 Å². The summed E-state index contributed by atoms with van der Waals surface area (Å²) < 4.78 is 94.5. The normalized spacial score (nSPS) is 12.2. The Labute approximate surface area is 150 Å². The molecule has 0 atom stereocenters. The molecule has 11 heteroatoms. The Balaban J connectivity index is 2.15. The Bertz CT molecular complexity index is 1060. The molecule has 1 heterocycles. The van der Waals surface area contributed by atoms with Gasteiger partial charge in [0.05, 0.1) is 16.9 Å². The maximum Gasteiger partial charge on any atom is 0.416 e. The number of nitrogens with one attached hydrogen (secondary N) is 1. The smallest absolute Gasteiger partial charge is 0.277 e. The molecule has 0 aliphatic heterocycles. The third kappa shape index (κ3) is 3.77. The molecular weight excluding hydrogens is 393 g/mol. The minimum absolute atomic E-state index is 0.0617. The second-order valence-corrected chi connectivity index (χ2v) is 6.96. The predicted octanol–water partition coefficient (Wildman–Crippen LogP) is 3.97. The highest BCUT2D eigenvalue weighted by molar-refractivity contribution is 7.92. The van der Waals surface area contributed by atoms with Gasteiger partial charge in [0.15, 0.2) is 4.90 Å². The van der Waals surface area contributed by atoms with E-state index in [0.717, 1.165) is 35.0 Å². The molecule has 0 unspecified atom stereocenters. The fourth-order valence-corrected chi connectivity index (χ4v) is 3.54. The third-order valence-electron chi connectivity index (χ3n) is 3.51. The van der Waals surface area contributed by atoms with Gasteiger partial charge in [-0.3, -0.25) is 4.72 Å². The fraction of sp³-hybridized carbons (Fsp3) is 0.0625. The minimum Gasteiger partial charge on any atom is -0.277 e. The molecule has 0 aliphatic carbocycles. The predicted molar refractivity (Wildman–Crippen MR) is 85.7 cm³/mol. The summed E-state index contributed by atoms with van der Waals surface area (Å²) in [5.74, 6) is -2.76. The van der Waals surface area contributed by atoms with Crippen LogP contribution in [0.2, 0.25) is 0 Å². The Morgan fingerprint density at radius 1 is 1.00 bits per heavy atom. The number of anilines is 1. The van der Waals surface area contributed by atoms with Crippen molar-refractivity contribution in [1.29, 1.82) is 0 Å². The first-order chi connectivity index (χ1) is 12.6. The van der Waals surface area contributed by atoms with Crippen LogP contribution in [0.15, 0.2) is 59.8 Å². The van der Waals surface area contributed by atoms with Gasteiger partial charge in [-0.1, -0.05) is 6.07 Å². The number of nitrogens with zero attached hydrogens (tertiary/aromatic N) is 2. The molecule has 142 valence electrons. The van der Waals surface area contributed by atoms with E-state index in [1.54, 1.807) is 0 Å². The third-order valence-corrected chi connectivity index (χ3v) is 4.92. The van der Waals surface area contributed by atoms with Crippen molar-refractivity contribution in [3.8, 4) is 5.69 Å². The van der Waals surface area contributed by atoms with Crippen molar-refractivity contribution in [1.82, 2.24) is 9.78 Å². The Morgan fingerprint density at radius 3 is 2.22 bits per heavy atom. The highest BCUT2D eigenvalue weighted by Gasteiger charge is 2.32. The summed E-state index contributed by atoms with van der Waals surface area (Å²) in [6.07, 6.45) is -2.07. The van der Waals surface area contributed by atoms with Gasteiger partial charge in [-0.25, -0.2) is 21.9 Å². The van der Waals surface area contributed by atoms with Crippen LogP contribution in [0, 0.1) is 11.6 Å². The maximum atomic E-state index is 13.8. The fourth-order valence-electron chi connectivity index (χ4n) is 2.34. The van der Waals surface area contributed by atoms with E-state index in [-0.39, 0.29) is 5.69 Å². The summed E-state index contributed by atoms with van der Waals surface area (Å²) in [7, 11) is -4.86. The molecule has 5 nitrogen and oxygen atoms in total. The van der Waals surface area contributed by atoms with Gasteiger partial charge in [-0.05, 0) is 36.4 Å². The van der Waals surface area contributed by atoms with Gasteiger partial charge >= 0.3 is 6.18 Å². The average Bonchev–Trinajstić information content (AvgIpc) is 3.07. The zero-order valence-corrected chi connectivity index (χ0v) is 14.0. The zero-order chi connectivity index (χ0) is 19.8. The van der Waals surface area contributed by atoms with E-state index >= 15 is 0 Å². The highest BCUT2D eigenvalue weighted by Crippen LogP contribution is 2.34. The summed E-state index contributed by atoms with van der Waals surface area (Å²) in [5.41, 5.74) is -1.75. The van der Waals surface area contributed by atoms with E-state index in [9.17, 15) is 30.4 Å². The summed E-state index contributed by atoms with van der Waals surface area (Å²) in [6.45, 7) is 0. The lowest BCUT2D eigenvalue weighted by molar-refractivity contribution is -0.137. The largest absolute Gasteiger partial charge is 0.416 e. The van der Waals surface area contributed by atoms with Crippen molar-refractivity contribution in [2.75, 3.05) is 4.72 Å². The van der Waals surface area contributed by atoms with Crippen LogP contribution in [0.25, 0.3) is 5.69 Å². The second-order valence-electron chi connectivity index (χ2n) is 5.34. The Morgan fingerprint density at radius 2 is 1.67 bits per heavy atom. The molecule has 3 rings (SSSR count). The van der Waals surface area contributed by atoms with Crippen LogP contribution in [0.3, 0.4) is 0 Å². The number of hydrogen-bond acceptors (Lipinski definition) is 3. The van der Waals surface area contributed by atoms with E-state index in [1.165, 1.54) is 18.5 Å². The summed E-state index contributed by atoms with van der Waals surface area (Å²) in [6, 6.07) is 6.11. The molecule has 3 aromatic rings. The highest BCUT2D eigenvalue weighted by atomic mass is 32.2. The lowest BCUT2D eigenvalue weighted by atomic mass is 10.1. The van der Waals surface area contributed by atoms with Gasteiger partial charge in [0.1, 0.15) is 11.6 Å². The molecule has 0 aliphatic rings. The maximum absolute atomic E-state index is 13.8. The molecule has 0 bridgehead atoms. The average molecular weight is 403 g/mol. The van der Waals surface area contributed by atoms with E-state index < -0.39 is 44.0 Å². The number of benzene rings is 2. The molecule has 1 aromatic heterocycles. The minimum atomic E-state index is -4.86. The SMILES string of the molecule is O=S(=O)(Nc1cc(C(F)(F)F)ccc1-n1cccn1)c1c(F)cccc1F. The lowest BCUT2D eigenvalue weighted by Crippen LogP contribution is -2.18. The number of sulfonamides is 1. The van der Waals surface area contributed by atoms with Crippen LogP contribution in [0.4, 0.5) is 27.6 Å². The molecule has 0 saturated carbocycles. The van der Waals surface area contributed by atoms with Crippen molar-refractivity contribution >= 4 is 15.7 Å². The van der Waals surface area contributed by atoms with Crippen LogP contribution in [-0.2, 0) is 16.2 Å². The molecular formula is C16H10F5N3O2S. The first kappa shape index (κ1) is 18.8. The summed E-state index contributed by atoms with van der Waals surface area (Å²) in [4.78, 5) is -1.30. The molecule has 2 aromatic carbocycles. The molecule has 1 N–H and O–H groups in total. The molecule has 27 heavy (non-hydrogen) atoms. The quantitative estimate of drug-likeness (QED) is 0.671. The van der Waals surface area contributed by atoms with Crippen molar-refractivity contribution in [2.24, 2.45) is 0 Å². The van der Waals surface area contributed by atoms with Crippen LogP contribution >= 0.6 is 0 Å². The zero-order valence-electron chi connectivity index (χ0n) is 13.2. The Hall–Kier alpha value is -2.95. The molecule has 0 saturated heterocycles. The molecule has 0 fully saturated rings. The van der Waals surface area contributed by atoms with E-state index in [0.29, 0.717) is 6.07 Å². The van der Waals surface area contributed by atoms with Crippen LogP contribution in [-0.4, -0.2) is 18.2 Å². The van der Waals surface area contributed by atoms with Crippen molar-refractivity contribution < 1.29 is 30.4 Å². The van der Waals surface area contributed by atoms with Crippen molar-refractivity contribution in [3.05, 3.63) is 72.1 Å². The molecule has 0 spiro atoms. The van der Waals surface area contributed by atoms with Crippen LogP contribution in [0.5, 0.6) is 0 Å². The second kappa shape index (κ2) is 6.65. The van der Waals surface area contributed by atoms with Crippen LogP contribution in [0.1, 0.15) is 5.56 Å². The standard InChI is InChI=1S/C16H10F5N3O2S/c17-11-3-1-4-12(18)15(11)27(25,26)23-13-9-10(16(19,20)21)5-6-14(13)24-8-2-7-22-24/h1-9,23H. The van der Waals surface area contributed by atoms with Crippen molar-refractivity contribution in [2.45, 2.75) is 11.1 Å². The van der Waals surface area contributed by atoms with E-state index in [1.807, 2.05) is 4.72 Å². The van der Waals surface area contributed by atoms with Gasteiger partial charge < -0.3 is 0 Å².